The fourth-order valence-corrected chi connectivity index (χ4v) is 4.78. The number of rotatable bonds is 4. The molecule has 1 saturated heterocycles. The van der Waals surface area contributed by atoms with Crippen LogP contribution in [0.25, 0.3) is 10.8 Å². The Kier molecular flexibility index (Phi) is 5.37. The molecule has 2 fully saturated rings. The molecule has 4 rings (SSSR count). The van der Waals surface area contributed by atoms with Crippen LogP contribution in [-0.2, 0) is 4.79 Å². The van der Waals surface area contributed by atoms with Crippen molar-refractivity contribution in [1.82, 2.24) is 15.2 Å². The van der Waals surface area contributed by atoms with Crippen LogP contribution in [0.15, 0.2) is 36.7 Å². The molecule has 1 N–H and O–H groups in total. The summed E-state index contributed by atoms with van der Waals surface area (Å²) >= 11 is 0. The number of benzene rings is 1. The average molecular weight is 365 g/mol. The first-order valence-electron chi connectivity index (χ1n) is 10.1. The molecule has 1 saturated carbocycles. The number of pyridine rings is 1. The van der Waals surface area contributed by atoms with Gasteiger partial charge in [0, 0.05) is 48.9 Å². The maximum Gasteiger partial charge on any atom is 0.251 e. The molecule has 1 aromatic carbocycles. The van der Waals surface area contributed by atoms with E-state index in [4.69, 9.17) is 0 Å². The third kappa shape index (κ3) is 3.82. The van der Waals surface area contributed by atoms with Crippen molar-refractivity contribution in [2.24, 2.45) is 5.92 Å². The van der Waals surface area contributed by atoms with Crippen LogP contribution < -0.4 is 5.32 Å². The highest BCUT2D eigenvalue weighted by Crippen LogP contribution is 2.35. The summed E-state index contributed by atoms with van der Waals surface area (Å²) in [7, 11) is 0. The number of nitrogens with one attached hydrogen (secondary N) is 1. The van der Waals surface area contributed by atoms with Gasteiger partial charge in [0.25, 0.3) is 5.91 Å². The first kappa shape index (κ1) is 18.0. The number of hydrogen-bond acceptors (Lipinski definition) is 3. The minimum atomic E-state index is -0.131. The molecule has 5 heteroatoms. The lowest BCUT2D eigenvalue weighted by atomic mass is 9.78. The zero-order valence-electron chi connectivity index (χ0n) is 15.7. The number of carbonyl (C=O) groups is 2. The SMILES string of the molecule is O=C(NCCC(=O)N1CCCC2CCCCC21)c1cccc2cnccc12. The van der Waals surface area contributed by atoms with Crippen LogP contribution in [0.2, 0.25) is 0 Å². The third-order valence-corrected chi connectivity index (χ3v) is 6.11. The van der Waals surface area contributed by atoms with Gasteiger partial charge in [-0.05, 0) is 49.1 Å². The van der Waals surface area contributed by atoms with Crippen LogP contribution >= 0.6 is 0 Å². The van der Waals surface area contributed by atoms with Crippen molar-refractivity contribution in [3.05, 3.63) is 42.2 Å². The predicted octanol–water partition coefficient (Wildman–Crippen LogP) is 3.54. The third-order valence-electron chi connectivity index (χ3n) is 6.11. The summed E-state index contributed by atoms with van der Waals surface area (Å²) < 4.78 is 0. The molecule has 2 aliphatic rings. The van der Waals surface area contributed by atoms with Crippen molar-refractivity contribution < 1.29 is 9.59 Å². The molecule has 2 atom stereocenters. The summed E-state index contributed by atoms with van der Waals surface area (Å²) in [5, 5.41) is 4.76. The van der Waals surface area contributed by atoms with Gasteiger partial charge >= 0.3 is 0 Å². The van der Waals surface area contributed by atoms with E-state index in [1.165, 1.54) is 25.7 Å². The van der Waals surface area contributed by atoms with Gasteiger partial charge in [-0.3, -0.25) is 14.6 Å². The second kappa shape index (κ2) is 8.07. The monoisotopic (exact) mass is 365 g/mol. The van der Waals surface area contributed by atoms with Gasteiger partial charge in [-0.25, -0.2) is 0 Å². The molecule has 2 unspecified atom stereocenters. The fourth-order valence-electron chi connectivity index (χ4n) is 4.78. The summed E-state index contributed by atoms with van der Waals surface area (Å²) in [6, 6.07) is 7.91. The van der Waals surface area contributed by atoms with Gasteiger partial charge in [-0.2, -0.15) is 0 Å². The van der Waals surface area contributed by atoms with Crippen LogP contribution in [0, 0.1) is 5.92 Å². The van der Waals surface area contributed by atoms with Crippen molar-refractivity contribution in [2.45, 2.75) is 51.0 Å². The van der Waals surface area contributed by atoms with Crippen LogP contribution in [0.5, 0.6) is 0 Å². The molecule has 2 amide bonds. The Balaban J connectivity index is 1.35. The summed E-state index contributed by atoms with van der Waals surface area (Å²) in [4.78, 5) is 31.5. The second-order valence-corrected chi connectivity index (χ2v) is 7.75. The second-order valence-electron chi connectivity index (χ2n) is 7.75. The Morgan fingerprint density at radius 1 is 1.11 bits per heavy atom. The smallest absolute Gasteiger partial charge is 0.251 e. The number of fused-ring (bicyclic) bond motifs is 2. The van der Waals surface area contributed by atoms with Crippen LogP contribution in [-0.4, -0.2) is 40.8 Å². The van der Waals surface area contributed by atoms with E-state index in [1.54, 1.807) is 12.4 Å². The van der Waals surface area contributed by atoms with E-state index in [9.17, 15) is 9.59 Å². The molecule has 0 bridgehead atoms. The van der Waals surface area contributed by atoms with Gasteiger partial charge in [0.1, 0.15) is 0 Å². The number of aromatic nitrogens is 1. The summed E-state index contributed by atoms with van der Waals surface area (Å²) in [6.07, 6.45) is 11.2. The van der Waals surface area contributed by atoms with Crippen LogP contribution in [0.1, 0.15) is 55.3 Å². The Bertz CT molecular complexity index is 828. The quantitative estimate of drug-likeness (QED) is 0.901. The number of piperidine rings is 1. The van der Waals surface area contributed by atoms with Crippen molar-refractivity contribution in [1.29, 1.82) is 0 Å². The average Bonchev–Trinajstić information content (AvgIpc) is 2.72. The summed E-state index contributed by atoms with van der Waals surface area (Å²) in [5.41, 5.74) is 0.632. The fraction of sp³-hybridized carbons (Fsp3) is 0.500. The Labute approximate surface area is 160 Å². The highest BCUT2D eigenvalue weighted by Gasteiger charge is 2.35. The van der Waals surface area contributed by atoms with Crippen molar-refractivity contribution in [3.63, 3.8) is 0 Å². The van der Waals surface area contributed by atoms with Crippen molar-refractivity contribution >= 4 is 22.6 Å². The summed E-state index contributed by atoms with van der Waals surface area (Å²) in [6.45, 7) is 1.26. The lowest BCUT2D eigenvalue weighted by Crippen LogP contribution is -2.50. The Hall–Kier alpha value is -2.43. The van der Waals surface area contributed by atoms with Gasteiger partial charge in [0.05, 0.1) is 0 Å². The number of nitrogens with zero attached hydrogens (tertiary/aromatic N) is 2. The van der Waals surface area contributed by atoms with Crippen molar-refractivity contribution in [3.8, 4) is 0 Å². The molecule has 0 radical (unpaired) electrons. The first-order chi connectivity index (χ1) is 13.2. The number of likely N-dealkylation sites (tertiary alicyclic amines) is 1. The van der Waals surface area contributed by atoms with Gasteiger partial charge in [0.15, 0.2) is 0 Å². The van der Waals surface area contributed by atoms with E-state index in [2.05, 4.69) is 15.2 Å². The van der Waals surface area contributed by atoms with Crippen LogP contribution in [0.3, 0.4) is 0 Å². The predicted molar refractivity (Wildman–Crippen MR) is 105 cm³/mol. The lowest BCUT2D eigenvalue weighted by molar-refractivity contribution is -0.137. The molecular weight excluding hydrogens is 338 g/mol. The van der Waals surface area contributed by atoms with E-state index in [-0.39, 0.29) is 11.8 Å². The minimum Gasteiger partial charge on any atom is -0.352 e. The number of carbonyl (C=O) groups excluding carboxylic acids is 2. The molecule has 0 spiro atoms. The lowest BCUT2D eigenvalue weighted by Gasteiger charge is -2.44. The molecule has 2 heterocycles. The van der Waals surface area contributed by atoms with E-state index in [0.717, 1.165) is 30.2 Å². The zero-order valence-corrected chi connectivity index (χ0v) is 15.7. The topological polar surface area (TPSA) is 62.3 Å². The van der Waals surface area contributed by atoms with Gasteiger partial charge in [0.2, 0.25) is 5.91 Å². The number of hydrogen-bond donors (Lipinski definition) is 1. The molecule has 142 valence electrons. The molecule has 27 heavy (non-hydrogen) atoms. The maximum atomic E-state index is 12.7. The highest BCUT2D eigenvalue weighted by molar-refractivity contribution is 6.06. The molecule has 2 aromatic rings. The van der Waals surface area contributed by atoms with Gasteiger partial charge in [-0.1, -0.05) is 25.0 Å². The standard InChI is InChI=1S/C22H27N3O2/c26-21(25-14-4-7-16-5-1-2-9-20(16)25)11-13-24-22(27)19-8-3-6-17-15-23-12-10-18(17)19/h3,6,8,10,12,15-16,20H,1-2,4-5,7,9,11,13-14H2,(H,24,27). The molecule has 5 nitrogen and oxygen atoms in total. The largest absolute Gasteiger partial charge is 0.352 e. The van der Waals surface area contributed by atoms with Gasteiger partial charge < -0.3 is 10.2 Å². The first-order valence-corrected chi connectivity index (χ1v) is 10.1. The highest BCUT2D eigenvalue weighted by atomic mass is 16.2. The molecule has 1 aromatic heterocycles. The van der Waals surface area contributed by atoms with E-state index < -0.39 is 0 Å². The summed E-state index contributed by atoms with van der Waals surface area (Å²) in [5.74, 6) is 0.748. The normalized spacial score (nSPS) is 22.3. The molecule has 1 aliphatic heterocycles. The van der Waals surface area contributed by atoms with Crippen LogP contribution in [0.4, 0.5) is 0 Å². The molecule has 1 aliphatic carbocycles. The minimum absolute atomic E-state index is 0.131. The number of amides is 2. The van der Waals surface area contributed by atoms with Gasteiger partial charge in [-0.15, -0.1) is 0 Å². The Morgan fingerprint density at radius 2 is 1.96 bits per heavy atom. The molecular formula is C22H27N3O2. The van der Waals surface area contributed by atoms with Crippen molar-refractivity contribution in [2.75, 3.05) is 13.1 Å². The van der Waals surface area contributed by atoms with E-state index in [0.29, 0.717) is 30.5 Å². The maximum absolute atomic E-state index is 12.7. The van der Waals surface area contributed by atoms with E-state index >= 15 is 0 Å². The van der Waals surface area contributed by atoms with E-state index in [1.807, 2.05) is 24.3 Å². The Morgan fingerprint density at radius 3 is 2.89 bits per heavy atom. The zero-order chi connectivity index (χ0) is 18.6.